The van der Waals surface area contributed by atoms with Gasteiger partial charge in [0.15, 0.2) is 0 Å². The molecule has 0 saturated carbocycles. The molecule has 2 aromatic carbocycles. The van der Waals surface area contributed by atoms with Crippen LogP contribution in [0.3, 0.4) is 0 Å². The van der Waals surface area contributed by atoms with Crippen molar-refractivity contribution >= 4 is 18.7 Å². The van der Waals surface area contributed by atoms with Gasteiger partial charge in [0, 0.05) is 7.05 Å². The number of rotatable bonds is 7. The largest absolute Gasteiger partial charge is 0.406 e. The van der Waals surface area contributed by atoms with Crippen molar-refractivity contribution in [1.82, 2.24) is 14.6 Å². The van der Waals surface area contributed by atoms with Crippen LogP contribution in [0.15, 0.2) is 76.4 Å². The van der Waals surface area contributed by atoms with Gasteiger partial charge >= 0.3 is 5.69 Å². The van der Waals surface area contributed by atoms with Crippen molar-refractivity contribution in [2.45, 2.75) is 50.9 Å². The first-order valence-electron chi connectivity index (χ1n) is 11.8. The number of hydroxylamine groups is 2. The Morgan fingerprint density at radius 1 is 1.06 bits per heavy atom. The van der Waals surface area contributed by atoms with Gasteiger partial charge in [-0.1, -0.05) is 81.4 Å². The lowest BCUT2D eigenvalue weighted by Crippen LogP contribution is -2.67. The van der Waals surface area contributed by atoms with Crippen LogP contribution in [0.2, 0.25) is 5.04 Å². The van der Waals surface area contributed by atoms with Crippen molar-refractivity contribution < 1.29 is 13.7 Å². The number of aromatic amines is 1. The number of aromatic nitrogens is 2. The van der Waals surface area contributed by atoms with E-state index >= 15 is 0 Å². The number of hydrogen-bond donors (Lipinski definition) is 1. The van der Waals surface area contributed by atoms with E-state index in [1.807, 2.05) is 24.2 Å². The minimum absolute atomic E-state index is 0.0510. The molecular formula is C26H32FN3O4Si. The Bertz CT molecular complexity index is 1220. The summed E-state index contributed by atoms with van der Waals surface area (Å²) in [7, 11) is -0.849. The van der Waals surface area contributed by atoms with Crippen LogP contribution in [-0.2, 0) is 15.8 Å². The van der Waals surface area contributed by atoms with Crippen LogP contribution in [0.5, 0.6) is 0 Å². The Balaban J connectivity index is 1.58. The van der Waals surface area contributed by atoms with Crippen LogP contribution < -0.4 is 21.6 Å². The Morgan fingerprint density at radius 2 is 1.63 bits per heavy atom. The predicted molar refractivity (Wildman–Crippen MR) is 136 cm³/mol. The highest BCUT2D eigenvalue weighted by Crippen LogP contribution is 2.37. The highest BCUT2D eigenvalue weighted by atomic mass is 28.4. The first kappa shape index (κ1) is 25.2. The molecule has 0 bridgehead atoms. The molecule has 0 amide bonds. The number of benzene rings is 2. The smallest absolute Gasteiger partial charge is 0.328 e. The molecule has 3 aromatic rings. The Morgan fingerprint density at radius 3 is 2.17 bits per heavy atom. The van der Waals surface area contributed by atoms with Gasteiger partial charge in [0.2, 0.25) is 5.82 Å². The van der Waals surface area contributed by atoms with Crippen LogP contribution in [0, 0.1) is 5.82 Å². The molecular weight excluding hydrogens is 465 g/mol. The summed E-state index contributed by atoms with van der Waals surface area (Å²) in [4.78, 5) is 31.4. The maximum absolute atomic E-state index is 13.7. The van der Waals surface area contributed by atoms with Crippen LogP contribution in [0.25, 0.3) is 0 Å². The Labute approximate surface area is 205 Å². The van der Waals surface area contributed by atoms with E-state index < -0.39 is 25.4 Å². The normalized spacial score (nSPS) is 19.2. The van der Waals surface area contributed by atoms with E-state index in [2.05, 4.69) is 69.3 Å². The van der Waals surface area contributed by atoms with Crippen molar-refractivity contribution in [2.75, 3.05) is 13.7 Å². The zero-order valence-electron chi connectivity index (χ0n) is 20.5. The molecule has 0 unspecified atom stereocenters. The predicted octanol–water partition coefficient (Wildman–Crippen LogP) is 2.26. The first-order chi connectivity index (χ1) is 16.6. The average molecular weight is 498 g/mol. The van der Waals surface area contributed by atoms with Gasteiger partial charge in [-0.3, -0.25) is 19.2 Å². The second-order valence-corrected chi connectivity index (χ2v) is 14.3. The summed E-state index contributed by atoms with van der Waals surface area (Å²) in [6, 6.07) is 20.8. The molecule has 1 aromatic heterocycles. The molecule has 9 heteroatoms. The minimum atomic E-state index is -2.69. The average Bonchev–Trinajstić information content (AvgIpc) is 3.17. The van der Waals surface area contributed by atoms with Crippen molar-refractivity contribution in [3.8, 4) is 0 Å². The number of halogens is 1. The number of likely N-dealkylation sites (N-methyl/N-ethyl adjacent to an activating group) is 1. The number of hydrogen-bond acceptors (Lipinski definition) is 5. The van der Waals surface area contributed by atoms with E-state index in [0.717, 1.165) is 10.8 Å². The molecule has 35 heavy (non-hydrogen) atoms. The number of nitrogens with one attached hydrogen (secondary N) is 1. The third-order valence-electron chi connectivity index (χ3n) is 6.64. The molecule has 186 valence electrons. The van der Waals surface area contributed by atoms with Gasteiger partial charge in [0.25, 0.3) is 13.9 Å². The van der Waals surface area contributed by atoms with Gasteiger partial charge in [-0.05, 0) is 21.8 Å². The van der Waals surface area contributed by atoms with Gasteiger partial charge in [0.1, 0.15) is 0 Å². The number of nitrogens with zero attached hydrogens (tertiary/aromatic N) is 2. The molecule has 0 aliphatic carbocycles. The summed E-state index contributed by atoms with van der Waals surface area (Å²) < 4.78 is 21.9. The molecule has 1 aliphatic rings. The summed E-state index contributed by atoms with van der Waals surface area (Å²) >= 11 is 0. The summed E-state index contributed by atoms with van der Waals surface area (Å²) in [6.45, 7) is 7.26. The SMILES string of the molecule is CN1O[C@H](Cn2cc(F)c(=O)[nH]c2=O)C[C@@H]1CO[Si](c1ccccc1)(c1ccccc1)C(C)(C)C. The van der Waals surface area contributed by atoms with E-state index in [4.69, 9.17) is 9.26 Å². The number of H-pyrrole nitrogens is 1. The van der Waals surface area contributed by atoms with Crippen molar-refractivity contribution in [3.63, 3.8) is 0 Å². The lowest BCUT2D eigenvalue weighted by atomic mass is 10.1. The molecule has 2 atom stereocenters. The second kappa shape index (κ2) is 10.0. The highest BCUT2D eigenvalue weighted by molar-refractivity contribution is 6.99. The molecule has 1 N–H and O–H groups in total. The van der Waals surface area contributed by atoms with Crippen molar-refractivity contribution in [3.05, 3.63) is 93.5 Å². The lowest BCUT2D eigenvalue weighted by molar-refractivity contribution is -0.150. The van der Waals surface area contributed by atoms with E-state index in [1.54, 1.807) is 5.06 Å². The maximum atomic E-state index is 13.7. The van der Waals surface area contributed by atoms with E-state index in [0.29, 0.717) is 13.0 Å². The molecule has 1 aliphatic heterocycles. The van der Waals surface area contributed by atoms with Crippen LogP contribution in [0.4, 0.5) is 4.39 Å². The third-order valence-corrected chi connectivity index (χ3v) is 11.6. The fraction of sp³-hybridized carbons (Fsp3) is 0.385. The molecule has 7 nitrogen and oxygen atoms in total. The van der Waals surface area contributed by atoms with E-state index in [9.17, 15) is 14.0 Å². The molecule has 4 rings (SSSR count). The first-order valence-corrected chi connectivity index (χ1v) is 13.7. The fourth-order valence-corrected chi connectivity index (χ4v) is 9.52. The lowest BCUT2D eigenvalue weighted by Gasteiger charge is -2.43. The molecule has 1 fully saturated rings. The monoisotopic (exact) mass is 497 g/mol. The van der Waals surface area contributed by atoms with Crippen LogP contribution in [-0.4, -0.2) is 48.7 Å². The quantitative estimate of drug-likeness (QED) is 0.507. The zero-order chi connectivity index (χ0) is 25.2. The van der Waals surface area contributed by atoms with Gasteiger partial charge in [-0.15, -0.1) is 0 Å². The van der Waals surface area contributed by atoms with E-state index in [-0.39, 0.29) is 23.7 Å². The molecule has 1 saturated heterocycles. The molecule has 0 radical (unpaired) electrons. The minimum Gasteiger partial charge on any atom is -0.406 e. The van der Waals surface area contributed by atoms with E-state index in [1.165, 1.54) is 10.4 Å². The Hall–Kier alpha value is -2.85. The van der Waals surface area contributed by atoms with Crippen molar-refractivity contribution in [1.29, 1.82) is 0 Å². The van der Waals surface area contributed by atoms with Crippen LogP contribution in [0.1, 0.15) is 27.2 Å². The zero-order valence-corrected chi connectivity index (χ0v) is 21.5. The standard InChI is InChI=1S/C26H32FN3O4Si/c1-26(2,3)35(21-11-7-5-8-12-21,22-13-9-6-10-14-22)33-18-19-15-20(34-29(19)4)16-30-17-23(27)24(31)28-25(30)32/h5-14,17,19-20H,15-16,18H2,1-4H3,(H,28,31,32)/t19-,20+/m1/s1. The van der Waals surface area contributed by atoms with Gasteiger partial charge in [-0.2, -0.15) is 9.45 Å². The van der Waals surface area contributed by atoms with Crippen molar-refractivity contribution in [2.24, 2.45) is 0 Å². The van der Waals surface area contributed by atoms with Gasteiger partial charge in [-0.25, -0.2) is 4.79 Å². The fourth-order valence-electron chi connectivity index (χ4n) is 4.92. The topological polar surface area (TPSA) is 76.6 Å². The third kappa shape index (κ3) is 5.08. The summed E-state index contributed by atoms with van der Waals surface area (Å²) in [5.41, 5.74) is -1.68. The highest BCUT2D eigenvalue weighted by Gasteiger charge is 2.50. The summed E-state index contributed by atoms with van der Waals surface area (Å²) in [5, 5.41) is 4.02. The van der Waals surface area contributed by atoms with Crippen LogP contribution >= 0.6 is 0 Å². The Kier molecular flexibility index (Phi) is 7.23. The summed E-state index contributed by atoms with van der Waals surface area (Å²) in [6.07, 6.45) is 1.18. The maximum Gasteiger partial charge on any atom is 0.328 e. The van der Waals surface area contributed by atoms with Gasteiger partial charge < -0.3 is 4.43 Å². The summed E-state index contributed by atoms with van der Waals surface area (Å²) in [5.74, 6) is -0.998. The van der Waals surface area contributed by atoms with Gasteiger partial charge in [0.05, 0.1) is 31.5 Å². The second-order valence-electron chi connectivity index (χ2n) is 10.0. The molecule has 0 spiro atoms. The molecule has 2 heterocycles.